The Kier molecular flexibility index (Phi) is 3.43. The first kappa shape index (κ1) is 12.6. The first-order valence-electron chi connectivity index (χ1n) is 7.14. The third kappa shape index (κ3) is 2.00. The van der Waals surface area contributed by atoms with Gasteiger partial charge in [-0.15, -0.1) is 11.3 Å². The molecule has 2 bridgehead atoms. The summed E-state index contributed by atoms with van der Waals surface area (Å²) in [5, 5.41) is 7.40. The molecular formula is C14H23N3S. The van der Waals surface area contributed by atoms with E-state index in [2.05, 4.69) is 29.4 Å². The van der Waals surface area contributed by atoms with Crippen molar-refractivity contribution in [1.29, 1.82) is 0 Å². The molecule has 1 aromatic rings. The van der Waals surface area contributed by atoms with Crippen LogP contribution in [0.3, 0.4) is 0 Å². The molecule has 100 valence electrons. The second kappa shape index (κ2) is 4.91. The van der Waals surface area contributed by atoms with Crippen LogP contribution in [-0.2, 0) is 5.54 Å². The maximum atomic E-state index is 4.81. The highest BCUT2D eigenvalue weighted by Gasteiger charge is 2.48. The molecule has 0 aromatic carbocycles. The zero-order chi connectivity index (χ0) is 12.6. The Bertz CT molecular complexity index is 417. The van der Waals surface area contributed by atoms with E-state index in [1.54, 1.807) is 0 Å². The number of nitrogens with zero attached hydrogens (tertiary/aromatic N) is 2. The molecule has 2 aliphatic heterocycles. The van der Waals surface area contributed by atoms with Gasteiger partial charge < -0.3 is 10.2 Å². The Hall–Kier alpha value is -0.450. The van der Waals surface area contributed by atoms with Crippen molar-refractivity contribution in [2.24, 2.45) is 5.92 Å². The van der Waals surface area contributed by atoms with E-state index in [-0.39, 0.29) is 5.54 Å². The average molecular weight is 265 g/mol. The van der Waals surface area contributed by atoms with Crippen LogP contribution >= 0.6 is 11.3 Å². The van der Waals surface area contributed by atoms with Gasteiger partial charge in [0.15, 0.2) is 0 Å². The Balaban J connectivity index is 1.92. The van der Waals surface area contributed by atoms with E-state index in [0.29, 0.717) is 0 Å². The van der Waals surface area contributed by atoms with Crippen LogP contribution in [0.15, 0.2) is 5.38 Å². The van der Waals surface area contributed by atoms with E-state index in [1.807, 2.05) is 11.3 Å². The van der Waals surface area contributed by atoms with Crippen molar-refractivity contribution < 1.29 is 0 Å². The number of piperidine rings is 1. The van der Waals surface area contributed by atoms with Gasteiger partial charge in [-0.25, -0.2) is 4.98 Å². The smallest absolute Gasteiger partial charge is 0.113 e. The maximum Gasteiger partial charge on any atom is 0.113 e. The van der Waals surface area contributed by atoms with Gasteiger partial charge >= 0.3 is 0 Å². The van der Waals surface area contributed by atoms with Crippen molar-refractivity contribution in [2.75, 3.05) is 26.2 Å². The molecule has 0 aliphatic carbocycles. The molecule has 3 atom stereocenters. The van der Waals surface area contributed by atoms with E-state index in [4.69, 9.17) is 4.98 Å². The van der Waals surface area contributed by atoms with E-state index < -0.39 is 0 Å². The van der Waals surface area contributed by atoms with Crippen LogP contribution in [0.1, 0.15) is 36.9 Å². The molecule has 0 radical (unpaired) electrons. The number of fused-ring (bicyclic) bond motifs is 2. The summed E-state index contributed by atoms with van der Waals surface area (Å²) in [7, 11) is 0. The summed E-state index contributed by atoms with van der Waals surface area (Å²) in [5.74, 6) is 0.753. The van der Waals surface area contributed by atoms with Crippen LogP contribution in [0.5, 0.6) is 0 Å². The highest BCUT2D eigenvalue weighted by Crippen LogP contribution is 2.43. The van der Waals surface area contributed by atoms with Gasteiger partial charge in [0, 0.05) is 24.2 Å². The van der Waals surface area contributed by atoms with Crippen molar-refractivity contribution in [3.8, 4) is 0 Å². The van der Waals surface area contributed by atoms with Crippen molar-refractivity contribution in [3.05, 3.63) is 16.1 Å². The monoisotopic (exact) mass is 265 g/mol. The molecule has 1 aromatic heterocycles. The van der Waals surface area contributed by atoms with E-state index in [0.717, 1.165) is 12.5 Å². The largest absolute Gasteiger partial charge is 0.305 e. The Morgan fingerprint density at radius 3 is 3.17 bits per heavy atom. The maximum absolute atomic E-state index is 4.81. The van der Waals surface area contributed by atoms with Gasteiger partial charge in [0.25, 0.3) is 0 Å². The predicted molar refractivity (Wildman–Crippen MR) is 76.0 cm³/mol. The number of hydrogen-bond donors (Lipinski definition) is 1. The first-order chi connectivity index (χ1) is 8.74. The molecule has 0 spiro atoms. The summed E-state index contributed by atoms with van der Waals surface area (Å²) in [6, 6.07) is 0. The number of nitrogens with one attached hydrogen (secondary N) is 1. The fraction of sp³-hybridized carbons (Fsp3) is 0.786. The van der Waals surface area contributed by atoms with Crippen LogP contribution in [0.2, 0.25) is 0 Å². The summed E-state index contributed by atoms with van der Waals surface area (Å²) in [6.45, 7) is 9.23. The third-order valence-electron chi connectivity index (χ3n) is 4.48. The molecule has 0 amide bonds. The minimum Gasteiger partial charge on any atom is -0.305 e. The minimum atomic E-state index is 0.169. The Morgan fingerprint density at radius 1 is 1.56 bits per heavy atom. The molecule has 18 heavy (non-hydrogen) atoms. The Morgan fingerprint density at radius 2 is 2.44 bits per heavy atom. The normalized spacial score (nSPS) is 35.0. The summed E-state index contributed by atoms with van der Waals surface area (Å²) < 4.78 is 0. The topological polar surface area (TPSA) is 28.2 Å². The van der Waals surface area contributed by atoms with Gasteiger partial charge in [-0.2, -0.15) is 0 Å². The van der Waals surface area contributed by atoms with Gasteiger partial charge in [0.1, 0.15) is 5.01 Å². The zero-order valence-corrected chi connectivity index (χ0v) is 12.2. The van der Waals surface area contributed by atoms with Crippen LogP contribution in [-0.4, -0.2) is 36.1 Å². The number of thiazole rings is 1. The number of hydrogen-bond acceptors (Lipinski definition) is 4. The van der Waals surface area contributed by atoms with Gasteiger partial charge in [0.05, 0.1) is 5.54 Å². The summed E-state index contributed by atoms with van der Waals surface area (Å²) in [6.07, 6.45) is 3.75. The first-order valence-corrected chi connectivity index (χ1v) is 8.02. The lowest BCUT2D eigenvalue weighted by Gasteiger charge is -2.42. The van der Waals surface area contributed by atoms with E-state index >= 15 is 0 Å². The number of aromatic nitrogens is 1. The molecule has 3 heterocycles. The molecule has 0 saturated carbocycles. The van der Waals surface area contributed by atoms with Crippen LogP contribution in [0.25, 0.3) is 0 Å². The second-order valence-corrected chi connectivity index (χ2v) is 6.59. The molecule has 2 aliphatic rings. The van der Waals surface area contributed by atoms with Crippen LogP contribution < -0.4 is 5.32 Å². The molecule has 4 heteroatoms. The van der Waals surface area contributed by atoms with E-state index in [1.165, 1.54) is 49.6 Å². The van der Waals surface area contributed by atoms with Gasteiger partial charge in [-0.1, -0.05) is 6.92 Å². The lowest BCUT2D eigenvalue weighted by molar-refractivity contribution is 0.129. The molecule has 3 rings (SSSR count). The fourth-order valence-corrected chi connectivity index (χ4v) is 4.56. The van der Waals surface area contributed by atoms with Crippen molar-refractivity contribution in [3.63, 3.8) is 0 Å². The van der Waals surface area contributed by atoms with Crippen LogP contribution in [0, 0.1) is 12.8 Å². The molecule has 2 fully saturated rings. The highest BCUT2D eigenvalue weighted by atomic mass is 32.1. The lowest BCUT2D eigenvalue weighted by Crippen LogP contribution is -2.53. The Labute approximate surface area is 114 Å². The quantitative estimate of drug-likeness (QED) is 0.906. The zero-order valence-electron chi connectivity index (χ0n) is 11.4. The van der Waals surface area contributed by atoms with E-state index in [9.17, 15) is 0 Å². The van der Waals surface area contributed by atoms with Gasteiger partial charge in [-0.05, 0) is 45.2 Å². The third-order valence-corrected chi connectivity index (χ3v) is 5.62. The van der Waals surface area contributed by atoms with Crippen molar-refractivity contribution in [1.82, 2.24) is 15.2 Å². The minimum absolute atomic E-state index is 0.169. The fourth-order valence-electron chi connectivity index (χ4n) is 3.47. The number of aryl methyl sites for hydroxylation is 1. The molecular weight excluding hydrogens is 242 g/mol. The highest BCUT2D eigenvalue weighted by molar-refractivity contribution is 7.09. The standard InChI is InChI=1S/C14H23N3S/c1-3-6-15-14(13-16-11(2)10-18-13)5-8-17-7-4-12(14)9-17/h10,12,15H,3-9H2,1-2H3. The summed E-state index contributed by atoms with van der Waals surface area (Å²) in [5.41, 5.74) is 1.34. The predicted octanol–water partition coefficient (Wildman–Crippen LogP) is 2.37. The molecule has 2 saturated heterocycles. The van der Waals surface area contributed by atoms with Crippen molar-refractivity contribution >= 4 is 11.3 Å². The molecule has 3 nitrogen and oxygen atoms in total. The SMILES string of the molecule is CCCNC1(c2nc(C)cs2)CCN2CCC1C2. The number of rotatable bonds is 4. The summed E-state index contributed by atoms with van der Waals surface area (Å²) in [4.78, 5) is 7.42. The van der Waals surface area contributed by atoms with Gasteiger partial charge in [-0.3, -0.25) is 0 Å². The molecule has 3 unspecified atom stereocenters. The lowest BCUT2D eigenvalue weighted by atomic mass is 9.79. The summed E-state index contributed by atoms with van der Waals surface area (Å²) >= 11 is 1.85. The second-order valence-electron chi connectivity index (χ2n) is 5.73. The average Bonchev–Trinajstić information content (AvgIpc) is 2.98. The van der Waals surface area contributed by atoms with Crippen LogP contribution in [0.4, 0.5) is 0 Å². The van der Waals surface area contributed by atoms with Crippen molar-refractivity contribution in [2.45, 2.75) is 38.6 Å². The molecule has 1 N–H and O–H groups in total. The van der Waals surface area contributed by atoms with Gasteiger partial charge in [0.2, 0.25) is 0 Å².